The first-order valence-electron chi connectivity index (χ1n) is 13.5. The van der Waals surface area contributed by atoms with Gasteiger partial charge < -0.3 is 24.9 Å². The zero-order valence-electron chi connectivity index (χ0n) is 22.0. The Balaban J connectivity index is 1.37. The van der Waals surface area contributed by atoms with Crippen molar-refractivity contribution in [2.24, 2.45) is 5.92 Å². The third kappa shape index (κ3) is 6.29. The Morgan fingerprint density at radius 3 is 2.23 bits per heavy atom. The number of para-hydroxylation sites is 1. The van der Waals surface area contributed by atoms with Gasteiger partial charge in [0.1, 0.15) is 11.6 Å². The third-order valence-electron chi connectivity index (χ3n) is 7.80. The van der Waals surface area contributed by atoms with Crippen molar-refractivity contribution in [1.82, 2.24) is 0 Å². The lowest BCUT2D eigenvalue weighted by atomic mass is 9.87. The normalized spacial score (nSPS) is 18.1. The minimum Gasteiger partial charge on any atom is -0.508 e. The Hall–Kier alpha value is -3.48. The molecule has 4 aromatic carbocycles. The van der Waals surface area contributed by atoms with Gasteiger partial charge in [0.15, 0.2) is 0 Å². The van der Waals surface area contributed by atoms with Gasteiger partial charge in [-0.1, -0.05) is 61.0 Å². The number of phenolic OH excluding ortho intramolecular Hbond substituents is 1. The van der Waals surface area contributed by atoms with Gasteiger partial charge in [-0.25, -0.2) is 4.39 Å². The van der Waals surface area contributed by atoms with Crippen molar-refractivity contribution in [1.29, 1.82) is 0 Å². The van der Waals surface area contributed by atoms with Crippen molar-refractivity contribution in [3.8, 4) is 16.9 Å². The summed E-state index contributed by atoms with van der Waals surface area (Å²) in [4.78, 5) is 21.1. The summed E-state index contributed by atoms with van der Waals surface area (Å²) < 4.78 is 24.8. The minimum atomic E-state index is -4.33. The fourth-order valence-corrected chi connectivity index (χ4v) is 6.27. The summed E-state index contributed by atoms with van der Waals surface area (Å²) in [5.41, 5.74) is 4.11. The molecule has 1 fully saturated rings. The van der Waals surface area contributed by atoms with Crippen LogP contribution < -0.4 is 10.2 Å². The van der Waals surface area contributed by atoms with E-state index in [9.17, 15) is 29.0 Å². The molecule has 5 rings (SSSR count). The summed E-state index contributed by atoms with van der Waals surface area (Å²) in [5.74, 6) is 0.0929. The van der Waals surface area contributed by atoms with Crippen LogP contribution in [0.3, 0.4) is 0 Å². The van der Waals surface area contributed by atoms with Crippen LogP contribution in [0.2, 0.25) is 0 Å². The van der Waals surface area contributed by atoms with Crippen LogP contribution in [-0.2, 0) is 4.57 Å². The number of nitrogens with zero attached hydrogens (tertiary/aromatic N) is 1. The van der Waals surface area contributed by atoms with Crippen LogP contribution >= 0.6 is 7.60 Å². The molecule has 0 saturated carbocycles. The first-order chi connectivity index (χ1) is 19.2. The van der Waals surface area contributed by atoms with Gasteiger partial charge in [-0.2, -0.15) is 0 Å². The smallest absolute Gasteiger partial charge is 0.356 e. The third-order valence-corrected chi connectivity index (χ3v) is 8.78. The maximum atomic E-state index is 13.3. The topological polar surface area (TPSA) is 101 Å². The predicted molar refractivity (Wildman–Crippen MR) is 155 cm³/mol. The number of aliphatic hydroxyl groups is 1. The molecule has 4 N–H and O–H groups in total. The first kappa shape index (κ1) is 28.1. The largest absolute Gasteiger partial charge is 0.508 e. The van der Waals surface area contributed by atoms with Crippen molar-refractivity contribution < 1.29 is 29.0 Å². The molecule has 6 nitrogen and oxygen atoms in total. The van der Waals surface area contributed by atoms with Gasteiger partial charge in [0, 0.05) is 17.8 Å². The van der Waals surface area contributed by atoms with Crippen LogP contribution in [0.25, 0.3) is 11.1 Å². The lowest BCUT2D eigenvalue weighted by molar-refractivity contribution is 0.160. The average Bonchev–Trinajstić information content (AvgIpc) is 3.37. The standard InChI is InChI=1S/C32H33FNO5P/c33-26-14-9-23(10-15-26)30(35)8-4-5-24-19-20-34(27-6-2-1-3-7-27)32(24)29-18-13-25(21-31(29)36)22-11-16-28(17-12-22)40(37,38)39/h1-3,6-7,9-18,21,24,30,32,35-36H,4-5,8,19-20H2,(H2,37,38,39). The number of anilines is 1. The van der Waals surface area contributed by atoms with E-state index in [1.165, 1.54) is 24.3 Å². The van der Waals surface area contributed by atoms with E-state index in [-0.39, 0.29) is 28.8 Å². The van der Waals surface area contributed by atoms with Crippen molar-refractivity contribution in [2.45, 2.75) is 37.8 Å². The lowest BCUT2D eigenvalue weighted by Crippen LogP contribution is -2.25. The second-order valence-corrected chi connectivity index (χ2v) is 12.0. The Kier molecular flexibility index (Phi) is 8.38. The van der Waals surface area contributed by atoms with Gasteiger partial charge in [0.2, 0.25) is 0 Å². The Morgan fingerprint density at radius 2 is 1.57 bits per heavy atom. The SMILES string of the molecule is O=P(O)(O)c1ccc(-c2ccc(C3C(CCCC(O)c4ccc(F)cc4)CCN3c3ccccc3)c(O)c2)cc1. The van der Waals surface area contributed by atoms with Crippen LogP contribution in [0.4, 0.5) is 10.1 Å². The van der Waals surface area contributed by atoms with E-state index in [4.69, 9.17) is 0 Å². The van der Waals surface area contributed by atoms with Crippen LogP contribution in [0.15, 0.2) is 97.1 Å². The van der Waals surface area contributed by atoms with Gasteiger partial charge in [0.25, 0.3) is 0 Å². The van der Waals surface area contributed by atoms with Crippen molar-refractivity contribution in [3.63, 3.8) is 0 Å². The van der Waals surface area contributed by atoms with E-state index in [1.807, 2.05) is 30.3 Å². The molecule has 1 aliphatic rings. The minimum absolute atomic E-state index is 0.0473. The molecule has 4 aromatic rings. The summed E-state index contributed by atoms with van der Waals surface area (Å²) in [7, 11) is -4.33. The number of hydrogen-bond acceptors (Lipinski definition) is 4. The molecule has 0 aromatic heterocycles. The Morgan fingerprint density at radius 1 is 0.900 bits per heavy atom. The molecular formula is C32H33FNO5P. The molecular weight excluding hydrogens is 528 g/mol. The summed E-state index contributed by atoms with van der Waals surface area (Å²) in [6, 6.07) is 27.7. The van der Waals surface area contributed by atoms with Crippen LogP contribution in [0, 0.1) is 11.7 Å². The first-order valence-corrected chi connectivity index (χ1v) is 15.1. The van der Waals surface area contributed by atoms with E-state index >= 15 is 0 Å². The molecule has 3 unspecified atom stereocenters. The molecule has 0 amide bonds. The highest BCUT2D eigenvalue weighted by Gasteiger charge is 2.36. The van der Waals surface area contributed by atoms with E-state index in [2.05, 4.69) is 17.0 Å². The fraction of sp³-hybridized carbons (Fsp3) is 0.250. The number of aromatic hydroxyl groups is 1. The van der Waals surface area contributed by atoms with Crippen LogP contribution in [-0.4, -0.2) is 26.5 Å². The lowest BCUT2D eigenvalue weighted by Gasteiger charge is -2.31. The van der Waals surface area contributed by atoms with Crippen LogP contribution in [0.5, 0.6) is 5.75 Å². The summed E-state index contributed by atoms with van der Waals surface area (Å²) in [6.45, 7) is 0.838. The van der Waals surface area contributed by atoms with Crippen LogP contribution in [0.1, 0.15) is 49.0 Å². The van der Waals surface area contributed by atoms with E-state index in [1.54, 1.807) is 30.3 Å². The molecule has 0 spiro atoms. The number of halogens is 1. The molecule has 1 heterocycles. The van der Waals surface area contributed by atoms with Gasteiger partial charge in [-0.05, 0) is 84.3 Å². The monoisotopic (exact) mass is 561 g/mol. The number of phenols is 1. The summed E-state index contributed by atoms with van der Waals surface area (Å²) in [6.07, 6.45) is 2.49. The quantitative estimate of drug-likeness (QED) is 0.175. The van der Waals surface area contributed by atoms with Gasteiger partial charge in [-0.3, -0.25) is 4.57 Å². The van der Waals surface area contributed by atoms with E-state index < -0.39 is 13.7 Å². The van der Waals surface area contributed by atoms with Crippen molar-refractivity contribution in [2.75, 3.05) is 11.4 Å². The number of rotatable bonds is 9. The number of hydrogen-bond donors (Lipinski definition) is 4. The Labute approximate surface area is 233 Å². The Bertz CT molecular complexity index is 1470. The number of aliphatic hydroxyl groups excluding tert-OH is 1. The molecule has 208 valence electrons. The van der Waals surface area contributed by atoms with E-state index in [0.717, 1.165) is 48.2 Å². The summed E-state index contributed by atoms with van der Waals surface area (Å²) in [5, 5.41) is 21.8. The fourth-order valence-electron chi connectivity index (χ4n) is 5.74. The highest BCUT2D eigenvalue weighted by atomic mass is 31.2. The van der Waals surface area contributed by atoms with E-state index in [0.29, 0.717) is 12.0 Å². The molecule has 0 radical (unpaired) electrons. The average molecular weight is 562 g/mol. The molecule has 3 atom stereocenters. The highest BCUT2D eigenvalue weighted by molar-refractivity contribution is 7.60. The van der Waals surface area contributed by atoms with Gasteiger partial charge >= 0.3 is 7.60 Å². The second kappa shape index (κ2) is 11.9. The molecule has 0 bridgehead atoms. The molecule has 1 saturated heterocycles. The second-order valence-electron chi connectivity index (χ2n) is 10.4. The van der Waals surface area contributed by atoms with Gasteiger partial charge in [0.05, 0.1) is 17.5 Å². The molecule has 8 heteroatoms. The number of benzene rings is 4. The maximum absolute atomic E-state index is 13.3. The summed E-state index contributed by atoms with van der Waals surface area (Å²) >= 11 is 0. The zero-order chi connectivity index (χ0) is 28.3. The van der Waals surface area contributed by atoms with Gasteiger partial charge in [-0.15, -0.1) is 0 Å². The predicted octanol–water partition coefficient (Wildman–Crippen LogP) is 6.47. The molecule has 0 aliphatic carbocycles. The highest BCUT2D eigenvalue weighted by Crippen LogP contribution is 2.46. The van der Waals surface area contributed by atoms with Crippen molar-refractivity contribution in [3.05, 3.63) is 114 Å². The molecule has 1 aliphatic heterocycles. The maximum Gasteiger partial charge on any atom is 0.356 e. The molecule has 40 heavy (non-hydrogen) atoms. The van der Waals surface area contributed by atoms with Crippen molar-refractivity contribution >= 4 is 18.6 Å². The zero-order valence-corrected chi connectivity index (χ0v) is 22.9.